The van der Waals surface area contributed by atoms with Gasteiger partial charge >= 0.3 is 11.9 Å². The molecule has 9 heteroatoms. The van der Waals surface area contributed by atoms with Gasteiger partial charge in [0.1, 0.15) is 5.92 Å². The summed E-state index contributed by atoms with van der Waals surface area (Å²) in [7, 11) is 1.26. The number of esters is 2. The van der Waals surface area contributed by atoms with Gasteiger partial charge in [-0.25, -0.2) is 4.79 Å². The van der Waals surface area contributed by atoms with Crippen LogP contribution in [0.25, 0.3) is 0 Å². The van der Waals surface area contributed by atoms with Gasteiger partial charge in [0.05, 0.1) is 48.2 Å². The fourth-order valence-corrected chi connectivity index (χ4v) is 3.71. The molecule has 29 heavy (non-hydrogen) atoms. The molecular formula is C20H24Cl2N2O5. The Labute approximate surface area is 179 Å². The summed E-state index contributed by atoms with van der Waals surface area (Å²) in [5, 5.41) is 0.545. The summed E-state index contributed by atoms with van der Waals surface area (Å²) in [5.74, 6) is -2.80. The number of benzene rings is 1. The smallest absolute Gasteiger partial charge is 0.336 e. The minimum atomic E-state index is -0.863. The number of carbonyl (C=O) groups excluding carboxylic acids is 2. The van der Waals surface area contributed by atoms with Gasteiger partial charge in [-0.1, -0.05) is 35.3 Å². The molecule has 1 heterocycles. The van der Waals surface area contributed by atoms with Crippen molar-refractivity contribution < 1.29 is 23.8 Å². The van der Waals surface area contributed by atoms with Crippen LogP contribution in [0.5, 0.6) is 0 Å². The lowest BCUT2D eigenvalue weighted by Gasteiger charge is -2.32. The molecule has 1 aliphatic rings. The topological polar surface area (TPSA) is 100 Å². The highest BCUT2D eigenvalue weighted by Crippen LogP contribution is 2.44. The predicted molar refractivity (Wildman–Crippen MR) is 111 cm³/mol. The molecule has 2 unspecified atom stereocenters. The molecule has 1 aliphatic heterocycles. The number of ether oxygens (including phenoxy) is 3. The molecule has 1 aromatic carbocycles. The zero-order valence-corrected chi connectivity index (χ0v) is 18.0. The third-order valence-electron chi connectivity index (χ3n) is 4.48. The Balaban J connectivity index is 2.71. The van der Waals surface area contributed by atoms with Crippen LogP contribution in [0.1, 0.15) is 25.3 Å². The molecule has 0 bridgehead atoms. The Hall–Kier alpha value is -1.93. The van der Waals surface area contributed by atoms with Gasteiger partial charge in [0.2, 0.25) is 0 Å². The SMILES string of the molecule is CCOC(=O)C1C(C)=NC(COCCN)=C(C(=O)OC)C1c1cccc(Cl)c1Cl. The van der Waals surface area contributed by atoms with E-state index in [4.69, 9.17) is 43.1 Å². The molecule has 0 spiro atoms. The van der Waals surface area contributed by atoms with Gasteiger partial charge in [0.15, 0.2) is 0 Å². The average Bonchev–Trinajstić information content (AvgIpc) is 2.69. The summed E-state index contributed by atoms with van der Waals surface area (Å²) in [6, 6.07) is 5.04. The van der Waals surface area contributed by atoms with Crippen LogP contribution >= 0.6 is 23.2 Å². The number of carbonyl (C=O) groups is 2. The van der Waals surface area contributed by atoms with E-state index in [2.05, 4.69) is 4.99 Å². The minimum absolute atomic E-state index is 0.0310. The Morgan fingerprint density at radius 2 is 2.00 bits per heavy atom. The summed E-state index contributed by atoms with van der Waals surface area (Å²) >= 11 is 12.7. The second kappa shape index (κ2) is 10.7. The highest BCUT2D eigenvalue weighted by molar-refractivity contribution is 6.42. The Kier molecular flexibility index (Phi) is 8.64. The molecule has 2 N–H and O–H groups in total. The quantitative estimate of drug-likeness (QED) is 0.490. The van der Waals surface area contributed by atoms with Crippen LogP contribution in [-0.4, -0.2) is 51.1 Å². The van der Waals surface area contributed by atoms with Crippen LogP contribution in [0.2, 0.25) is 10.0 Å². The van der Waals surface area contributed by atoms with Crippen molar-refractivity contribution in [1.82, 2.24) is 0 Å². The lowest BCUT2D eigenvalue weighted by Crippen LogP contribution is -2.37. The molecule has 0 aliphatic carbocycles. The Bertz CT molecular complexity index is 838. The number of aliphatic imine (C=N–C) groups is 1. The van der Waals surface area contributed by atoms with E-state index >= 15 is 0 Å². The Morgan fingerprint density at radius 3 is 2.62 bits per heavy atom. The van der Waals surface area contributed by atoms with Crippen molar-refractivity contribution in [3.63, 3.8) is 0 Å². The largest absolute Gasteiger partial charge is 0.466 e. The zero-order chi connectivity index (χ0) is 21.6. The van der Waals surface area contributed by atoms with Gasteiger partial charge in [-0.05, 0) is 25.5 Å². The number of hydrogen-bond acceptors (Lipinski definition) is 7. The van der Waals surface area contributed by atoms with Crippen LogP contribution in [0.15, 0.2) is 34.5 Å². The van der Waals surface area contributed by atoms with Crippen molar-refractivity contribution in [2.75, 3.05) is 33.5 Å². The molecule has 1 aromatic rings. The van der Waals surface area contributed by atoms with Crippen molar-refractivity contribution in [1.29, 1.82) is 0 Å². The number of halogens is 2. The first kappa shape index (κ1) is 23.3. The fraction of sp³-hybridized carbons (Fsp3) is 0.450. The van der Waals surface area contributed by atoms with E-state index in [1.54, 1.807) is 32.0 Å². The van der Waals surface area contributed by atoms with E-state index in [0.717, 1.165) is 0 Å². The predicted octanol–water partition coefficient (Wildman–Crippen LogP) is 3.13. The maximum atomic E-state index is 12.8. The van der Waals surface area contributed by atoms with Crippen LogP contribution in [0.4, 0.5) is 0 Å². The third kappa shape index (κ3) is 5.17. The van der Waals surface area contributed by atoms with Crippen molar-refractivity contribution in [3.05, 3.63) is 45.1 Å². The van der Waals surface area contributed by atoms with Crippen molar-refractivity contribution >= 4 is 40.9 Å². The van der Waals surface area contributed by atoms with E-state index in [9.17, 15) is 9.59 Å². The highest BCUT2D eigenvalue weighted by Gasteiger charge is 2.44. The number of methoxy groups -OCH3 is 1. The third-order valence-corrected chi connectivity index (χ3v) is 5.31. The number of hydrogen-bond donors (Lipinski definition) is 1. The van der Waals surface area contributed by atoms with Crippen LogP contribution < -0.4 is 5.73 Å². The van der Waals surface area contributed by atoms with Crippen molar-refractivity contribution in [3.8, 4) is 0 Å². The van der Waals surface area contributed by atoms with Crippen molar-refractivity contribution in [2.45, 2.75) is 19.8 Å². The summed E-state index contributed by atoms with van der Waals surface area (Å²) in [6.45, 7) is 4.22. The molecule has 0 amide bonds. The van der Waals surface area contributed by atoms with Gasteiger partial charge < -0.3 is 19.9 Å². The van der Waals surface area contributed by atoms with Gasteiger partial charge in [-0.2, -0.15) is 0 Å². The molecule has 158 valence electrons. The normalized spacial score (nSPS) is 19.0. The standard InChI is InChI=1S/C20H24Cl2N2O5/c1-4-29-20(26)15-11(2)24-14(10-28-9-8-23)17(19(25)27-3)16(15)12-6-5-7-13(21)18(12)22/h5-7,15-16H,4,8-10,23H2,1-3H3. The minimum Gasteiger partial charge on any atom is -0.466 e. The molecule has 0 fully saturated rings. The van der Waals surface area contributed by atoms with Gasteiger partial charge in [-0.15, -0.1) is 0 Å². The van der Waals surface area contributed by atoms with Crippen LogP contribution in [0, 0.1) is 5.92 Å². The van der Waals surface area contributed by atoms with Gasteiger partial charge in [0, 0.05) is 18.2 Å². The second-order valence-electron chi connectivity index (χ2n) is 6.30. The van der Waals surface area contributed by atoms with Gasteiger partial charge in [0.25, 0.3) is 0 Å². The Morgan fingerprint density at radius 1 is 1.28 bits per heavy atom. The van der Waals surface area contributed by atoms with E-state index in [0.29, 0.717) is 28.5 Å². The average molecular weight is 443 g/mol. The molecular weight excluding hydrogens is 419 g/mol. The van der Waals surface area contributed by atoms with Gasteiger partial charge in [-0.3, -0.25) is 9.79 Å². The second-order valence-corrected chi connectivity index (χ2v) is 7.08. The highest BCUT2D eigenvalue weighted by atomic mass is 35.5. The summed E-state index contributed by atoms with van der Waals surface area (Å²) < 4.78 is 15.8. The maximum Gasteiger partial charge on any atom is 0.336 e. The summed E-state index contributed by atoms with van der Waals surface area (Å²) in [6.07, 6.45) is 0. The first-order valence-corrected chi connectivity index (χ1v) is 9.87. The fourth-order valence-electron chi connectivity index (χ4n) is 3.28. The first-order valence-electron chi connectivity index (χ1n) is 9.12. The molecule has 0 saturated carbocycles. The van der Waals surface area contributed by atoms with E-state index in [1.165, 1.54) is 7.11 Å². The summed E-state index contributed by atoms with van der Waals surface area (Å²) in [5.41, 5.74) is 6.99. The van der Waals surface area contributed by atoms with Crippen LogP contribution in [0.3, 0.4) is 0 Å². The first-order chi connectivity index (χ1) is 13.9. The number of nitrogens with zero attached hydrogens (tertiary/aromatic N) is 1. The molecule has 0 saturated heterocycles. The van der Waals surface area contributed by atoms with E-state index in [-0.39, 0.29) is 30.4 Å². The molecule has 0 aromatic heterocycles. The molecule has 2 atom stereocenters. The van der Waals surface area contributed by atoms with E-state index < -0.39 is 23.8 Å². The number of nitrogens with two attached hydrogens (primary N) is 1. The zero-order valence-electron chi connectivity index (χ0n) is 16.5. The lowest BCUT2D eigenvalue weighted by atomic mass is 9.75. The molecule has 7 nitrogen and oxygen atoms in total. The number of rotatable bonds is 8. The van der Waals surface area contributed by atoms with Crippen LogP contribution in [-0.2, 0) is 23.8 Å². The maximum absolute atomic E-state index is 12.8. The monoisotopic (exact) mass is 442 g/mol. The molecule has 0 radical (unpaired) electrons. The van der Waals surface area contributed by atoms with E-state index in [1.807, 2.05) is 0 Å². The molecule has 2 rings (SSSR count). The summed E-state index contributed by atoms with van der Waals surface area (Å²) in [4.78, 5) is 30.0. The lowest BCUT2D eigenvalue weighted by molar-refractivity contribution is -0.146. The van der Waals surface area contributed by atoms with Crippen molar-refractivity contribution in [2.24, 2.45) is 16.6 Å².